The molecule has 164 valence electrons. The lowest BCUT2D eigenvalue weighted by Crippen LogP contribution is -2.42. The number of sulfonamides is 1. The molecular weight excluding hydrogens is 422 g/mol. The van der Waals surface area contributed by atoms with Gasteiger partial charge in [-0.2, -0.15) is 0 Å². The van der Waals surface area contributed by atoms with Crippen LogP contribution >= 0.6 is 0 Å². The Labute approximate surface area is 180 Å². The van der Waals surface area contributed by atoms with Crippen molar-refractivity contribution in [3.63, 3.8) is 0 Å². The number of rotatable bonds is 6. The number of aryl methyl sites for hydroxylation is 1. The minimum Gasteiger partial charge on any atom is -0.493 e. The Hall–Kier alpha value is -3.04. The lowest BCUT2D eigenvalue weighted by atomic mass is 10.0. The summed E-state index contributed by atoms with van der Waals surface area (Å²) >= 11 is 0. The Morgan fingerprint density at radius 1 is 1.26 bits per heavy atom. The lowest BCUT2D eigenvalue weighted by molar-refractivity contribution is 0.0491. The topological polar surface area (TPSA) is 104 Å². The summed E-state index contributed by atoms with van der Waals surface area (Å²) in [5.74, 6) is 0.761. The first-order valence-corrected chi connectivity index (χ1v) is 11.3. The molecule has 0 unspecified atom stereocenters. The average molecular weight is 445 g/mol. The van der Waals surface area contributed by atoms with Gasteiger partial charge in [0, 0.05) is 10.9 Å². The Morgan fingerprint density at radius 3 is 2.81 bits per heavy atom. The molecule has 8 nitrogen and oxygen atoms in total. The van der Waals surface area contributed by atoms with Gasteiger partial charge in [-0.15, -0.1) is 0 Å². The molecule has 1 atom stereocenters. The predicted molar refractivity (Wildman–Crippen MR) is 113 cm³/mol. The Morgan fingerprint density at radius 2 is 2.06 bits per heavy atom. The monoisotopic (exact) mass is 445 g/mol. The number of nitrogens with one attached hydrogen (secondary N) is 1. The Bertz CT molecular complexity index is 1250. The van der Waals surface area contributed by atoms with E-state index in [4.69, 9.17) is 18.6 Å². The third-order valence-corrected chi connectivity index (χ3v) is 6.69. The second-order valence-corrected chi connectivity index (χ2v) is 8.93. The summed E-state index contributed by atoms with van der Waals surface area (Å²) in [5.41, 5.74) is 1.83. The Balaban J connectivity index is 1.59. The van der Waals surface area contributed by atoms with Crippen molar-refractivity contribution in [2.45, 2.75) is 31.2 Å². The van der Waals surface area contributed by atoms with Gasteiger partial charge in [-0.3, -0.25) is 0 Å². The van der Waals surface area contributed by atoms with Crippen molar-refractivity contribution < 1.29 is 31.8 Å². The van der Waals surface area contributed by atoms with Gasteiger partial charge in [0.15, 0.2) is 11.5 Å². The molecule has 2 aromatic carbocycles. The number of benzene rings is 2. The summed E-state index contributed by atoms with van der Waals surface area (Å²) in [6.45, 7) is 3.81. The zero-order valence-electron chi connectivity index (χ0n) is 17.4. The summed E-state index contributed by atoms with van der Waals surface area (Å²) < 4.78 is 50.4. The quantitative estimate of drug-likeness (QED) is 0.581. The summed E-state index contributed by atoms with van der Waals surface area (Å²) in [6, 6.07) is 9.59. The van der Waals surface area contributed by atoms with Crippen LogP contribution in [0.4, 0.5) is 0 Å². The number of carbonyl (C=O) groups excluding carboxylic acids is 1. The maximum Gasteiger partial charge on any atom is 0.374 e. The van der Waals surface area contributed by atoms with Crippen LogP contribution in [0.1, 0.15) is 28.6 Å². The van der Waals surface area contributed by atoms with E-state index in [0.29, 0.717) is 34.5 Å². The van der Waals surface area contributed by atoms with Gasteiger partial charge in [0.2, 0.25) is 15.8 Å². The highest BCUT2D eigenvalue weighted by molar-refractivity contribution is 7.89. The highest BCUT2D eigenvalue weighted by atomic mass is 32.2. The Kier molecular flexibility index (Phi) is 5.63. The first kappa shape index (κ1) is 21.2. The molecule has 0 bridgehead atoms. The van der Waals surface area contributed by atoms with Gasteiger partial charge < -0.3 is 18.6 Å². The van der Waals surface area contributed by atoms with Crippen molar-refractivity contribution in [3.8, 4) is 11.5 Å². The van der Waals surface area contributed by atoms with E-state index in [1.54, 1.807) is 27.0 Å². The molecule has 1 aliphatic heterocycles. The van der Waals surface area contributed by atoms with Gasteiger partial charge in [0.1, 0.15) is 12.2 Å². The van der Waals surface area contributed by atoms with Crippen LogP contribution in [0.25, 0.3) is 11.0 Å². The smallest absolute Gasteiger partial charge is 0.374 e. The third-order valence-electron chi connectivity index (χ3n) is 5.18. The zero-order valence-corrected chi connectivity index (χ0v) is 18.2. The number of hydrogen-bond acceptors (Lipinski definition) is 7. The molecule has 31 heavy (non-hydrogen) atoms. The second kappa shape index (κ2) is 8.24. The molecule has 0 fully saturated rings. The van der Waals surface area contributed by atoms with E-state index in [-0.39, 0.29) is 23.9 Å². The van der Waals surface area contributed by atoms with Crippen molar-refractivity contribution in [2.75, 3.05) is 20.3 Å². The van der Waals surface area contributed by atoms with E-state index in [9.17, 15) is 13.2 Å². The summed E-state index contributed by atoms with van der Waals surface area (Å²) in [4.78, 5) is 12.1. The molecule has 1 aromatic heterocycles. The fourth-order valence-corrected chi connectivity index (χ4v) is 4.92. The van der Waals surface area contributed by atoms with Crippen LogP contribution in [0.5, 0.6) is 11.5 Å². The number of methoxy groups -OCH3 is 1. The molecule has 0 radical (unpaired) electrons. The third kappa shape index (κ3) is 3.98. The lowest BCUT2D eigenvalue weighted by Gasteiger charge is -2.27. The van der Waals surface area contributed by atoms with Crippen molar-refractivity contribution in [2.24, 2.45) is 0 Å². The number of furan rings is 1. The maximum absolute atomic E-state index is 13.0. The fraction of sp³-hybridized carbons (Fsp3) is 0.318. The zero-order chi connectivity index (χ0) is 22.2. The number of ether oxygens (including phenoxy) is 3. The van der Waals surface area contributed by atoms with Crippen molar-refractivity contribution in [1.29, 1.82) is 0 Å². The number of carbonyl (C=O) groups is 1. The molecule has 4 rings (SSSR count). The van der Waals surface area contributed by atoms with Crippen LogP contribution in [0, 0.1) is 6.92 Å². The predicted octanol–water partition coefficient (Wildman–Crippen LogP) is 3.21. The van der Waals surface area contributed by atoms with Crippen LogP contribution < -0.4 is 14.2 Å². The molecule has 0 saturated heterocycles. The van der Waals surface area contributed by atoms with Gasteiger partial charge in [-0.25, -0.2) is 17.9 Å². The number of esters is 1. The van der Waals surface area contributed by atoms with Gasteiger partial charge in [-0.1, -0.05) is 12.1 Å². The molecule has 0 amide bonds. The van der Waals surface area contributed by atoms with Crippen molar-refractivity contribution >= 4 is 27.0 Å². The highest BCUT2D eigenvalue weighted by Crippen LogP contribution is 2.35. The first-order valence-electron chi connectivity index (χ1n) is 9.85. The first-order chi connectivity index (χ1) is 14.8. The largest absolute Gasteiger partial charge is 0.493 e. The van der Waals surface area contributed by atoms with E-state index in [1.807, 2.05) is 12.1 Å². The van der Waals surface area contributed by atoms with E-state index in [2.05, 4.69) is 4.72 Å². The van der Waals surface area contributed by atoms with E-state index in [1.165, 1.54) is 18.2 Å². The summed E-state index contributed by atoms with van der Waals surface area (Å²) in [5, 5.41) is 0.543. The van der Waals surface area contributed by atoms with Crippen LogP contribution in [0.3, 0.4) is 0 Å². The van der Waals surface area contributed by atoms with Crippen LogP contribution in [0.15, 0.2) is 45.7 Å². The fourth-order valence-electron chi connectivity index (χ4n) is 3.68. The molecule has 0 aliphatic carbocycles. The standard InChI is InChI=1S/C22H23NO7S/c1-4-28-22(24)20-13(2)17-11-16(8-9-18(17)30-20)31(25,26)23-15-10-14-6-5-7-19(27-3)21(14)29-12-15/h5-9,11,15,23H,4,10,12H2,1-3H3/t15-/m0/s1. The molecule has 0 spiro atoms. The average Bonchev–Trinajstić information content (AvgIpc) is 3.09. The molecule has 0 saturated carbocycles. The van der Waals surface area contributed by atoms with E-state index in [0.717, 1.165) is 5.56 Å². The van der Waals surface area contributed by atoms with E-state index >= 15 is 0 Å². The number of fused-ring (bicyclic) bond motifs is 2. The summed E-state index contributed by atoms with van der Waals surface area (Å²) in [7, 11) is -2.26. The summed E-state index contributed by atoms with van der Waals surface area (Å²) in [6.07, 6.45) is 0.478. The van der Waals surface area contributed by atoms with Crippen molar-refractivity contribution in [1.82, 2.24) is 4.72 Å². The molecule has 2 heterocycles. The minimum atomic E-state index is -3.83. The molecule has 1 aliphatic rings. The number of hydrogen-bond donors (Lipinski definition) is 1. The minimum absolute atomic E-state index is 0.0746. The van der Waals surface area contributed by atoms with Gasteiger partial charge in [0.05, 0.1) is 24.7 Å². The van der Waals surface area contributed by atoms with Crippen LogP contribution in [0.2, 0.25) is 0 Å². The van der Waals surface area contributed by atoms with E-state index < -0.39 is 22.0 Å². The second-order valence-electron chi connectivity index (χ2n) is 7.22. The van der Waals surface area contributed by atoms with Crippen LogP contribution in [-0.2, 0) is 21.2 Å². The van der Waals surface area contributed by atoms with Gasteiger partial charge in [-0.05, 0) is 50.1 Å². The number of para-hydroxylation sites is 1. The van der Waals surface area contributed by atoms with Gasteiger partial charge >= 0.3 is 5.97 Å². The molecular formula is C22H23NO7S. The SMILES string of the molecule is CCOC(=O)c1oc2ccc(S(=O)(=O)N[C@@H]3COc4c(cccc4OC)C3)cc2c1C. The van der Waals surface area contributed by atoms with Crippen molar-refractivity contribution in [3.05, 3.63) is 53.3 Å². The molecule has 1 N–H and O–H groups in total. The molecule has 9 heteroatoms. The normalized spacial score (nSPS) is 15.9. The highest BCUT2D eigenvalue weighted by Gasteiger charge is 2.28. The maximum atomic E-state index is 13.0. The molecule has 3 aromatic rings. The van der Waals surface area contributed by atoms with Crippen LogP contribution in [-0.4, -0.2) is 40.8 Å². The van der Waals surface area contributed by atoms with Gasteiger partial charge in [0.25, 0.3) is 0 Å².